The first kappa shape index (κ1) is 19.6. The summed E-state index contributed by atoms with van der Waals surface area (Å²) in [6.07, 6.45) is -8.90. The highest BCUT2D eigenvalue weighted by Gasteiger charge is 2.70. The number of carboxylic acids is 1. The highest BCUT2D eigenvalue weighted by atomic mass is 19.2. The number of hydrogen-bond acceptors (Lipinski definition) is 9. The first-order valence-corrected chi connectivity index (χ1v) is 6.37. The lowest BCUT2D eigenvalue weighted by molar-refractivity contribution is -0.404. The van der Waals surface area contributed by atoms with Crippen LogP contribution in [0.25, 0.3) is 0 Å². The number of aliphatic carboxylic acids is 1. The summed E-state index contributed by atoms with van der Waals surface area (Å²) in [5.41, 5.74) is 0. The molecule has 23 heavy (non-hydrogen) atoms. The number of alkyl halides is 1. The summed E-state index contributed by atoms with van der Waals surface area (Å²) in [5.74, 6) is -11.6. The van der Waals surface area contributed by atoms with Crippen molar-refractivity contribution in [3.8, 4) is 0 Å². The zero-order valence-electron chi connectivity index (χ0n) is 11.8. The van der Waals surface area contributed by atoms with Crippen molar-refractivity contribution in [3.05, 3.63) is 0 Å². The maximum absolute atomic E-state index is 14.2. The Balaban J connectivity index is 3.33. The number of hydrogen-bond donors (Lipinski definition) is 8. The summed E-state index contributed by atoms with van der Waals surface area (Å²) in [6.45, 7) is -0.108. The number of carbonyl (C=O) groups excluding carboxylic acids is 1. The van der Waals surface area contributed by atoms with E-state index in [0.29, 0.717) is 0 Å². The molecule has 1 saturated heterocycles. The van der Waals surface area contributed by atoms with Crippen molar-refractivity contribution in [2.24, 2.45) is 0 Å². The van der Waals surface area contributed by atoms with Gasteiger partial charge in [-0.15, -0.1) is 0 Å². The minimum absolute atomic E-state index is 0.884. The molecule has 0 aromatic carbocycles. The van der Waals surface area contributed by atoms with E-state index in [0.717, 1.165) is 6.92 Å². The van der Waals surface area contributed by atoms with Gasteiger partial charge in [-0.3, -0.25) is 4.79 Å². The van der Waals surface area contributed by atoms with Crippen LogP contribution in [0.5, 0.6) is 0 Å². The average molecular weight is 343 g/mol. The summed E-state index contributed by atoms with van der Waals surface area (Å²) in [7, 11) is 0. The van der Waals surface area contributed by atoms with Crippen LogP contribution in [0.15, 0.2) is 0 Å². The van der Waals surface area contributed by atoms with Gasteiger partial charge in [-0.1, -0.05) is 0 Å². The molecule has 134 valence electrons. The predicted molar refractivity (Wildman–Crippen MR) is 66.2 cm³/mol. The third-order valence-electron chi connectivity index (χ3n) is 3.45. The Labute approximate surface area is 128 Å². The van der Waals surface area contributed by atoms with E-state index in [-0.39, 0.29) is 0 Å². The fraction of sp³-hybridized carbons (Fsp3) is 0.818. The molecule has 0 aliphatic carbocycles. The van der Waals surface area contributed by atoms with Gasteiger partial charge < -0.3 is 45.8 Å². The second-order valence-electron chi connectivity index (χ2n) is 5.12. The maximum atomic E-state index is 14.2. The molecule has 1 heterocycles. The second-order valence-corrected chi connectivity index (χ2v) is 5.12. The van der Waals surface area contributed by atoms with Gasteiger partial charge in [-0.2, -0.15) is 0 Å². The van der Waals surface area contributed by atoms with Gasteiger partial charge in [0.15, 0.2) is 0 Å². The molecular formula is C11H18FNO10. The summed E-state index contributed by atoms with van der Waals surface area (Å²) in [4.78, 5) is 22.1. The Kier molecular flexibility index (Phi) is 5.64. The van der Waals surface area contributed by atoms with Crippen molar-refractivity contribution in [1.29, 1.82) is 0 Å². The molecule has 1 rings (SSSR count). The fourth-order valence-electron chi connectivity index (χ4n) is 2.18. The third kappa shape index (κ3) is 3.28. The van der Waals surface area contributed by atoms with Gasteiger partial charge in [0.2, 0.25) is 5.91 Å². The third-order valence-corrected chi connectivity index (χ3v) is 3.45. The van der Waals surface area contributed by atoms with Gasteiger partial charge in [0, 0.05) is 6.92 Å². The van der Waals surface area contributed by atoms with E-state index in [4.69, 9.17) is 10.2 Å². The van der Waals surface area contributed by atoms with Gasteiger partial charge in [0.1, 0.15) is 24.4 Å². The highest BCUT2D eigenvalue weighted by molar-refractivity contribution is 5.77. The Morgan fingerprint density at radius 2 is 1.87 bits per heavy atom. The molecule has 0 aromatic heterocycles. The smallest absolute Gasteiger partial charge is 0.370 e. The van der Waals surface area contributed by atoms with Crippen LogP contribution >= 0.6 is 0 Å². The van der Waals surface area contributed by atoms with E-state index in [1.54, 1.807) is 0 Å². The van der Waals surface area contributed by atoms with Crippen LogP contribution in [0.2, 0.25) is 0 Å². The number of amides is 1. The van der Waals surface area contributed by atoms with Crippen molar-refractivity contribution in [2.45, 2.75) is 49.0 Å². The zero-order valence-corrected chi connectivity index (χ0v) is 11.8. The van der Waals surface area contributed by atoms with Crippen LogP contribution in [-0.4, -0.2) is 96.3 Å². The number of rotatable bonds is 5. The normalized spacial score (nSPS) is 40.3. The Morgan fingerprint density at radius 3 is 2.26 bits per heavy atom. The van der Waals surface area contributed by atoms with Crippen LogP contribution in [0, 0.1) is 0 Å². The lowest BCUT2D eigenvalue weighted by Gasteiger charge is -2.49. The quantitative estimate of drug-likeness (QED) is 0.240. The van der Waals surface area contributed by atoms with E-state index < -0.39 is 60.6 Å². The fourth-order valence-corrected chi connectivity index (χ4v) is 2.18. The van der Waals surface area contributed by atoms with Crippen molar-refractivity contribution in [1.82, 2.24) is 5.32 Å². The molecule has 12 heteroatoms. The number of aliphatic hydroxyl groups is 6. The number of carboxylic acid groups (broad SMARTS) is 1. The van der Waals surface area contributed by atoms with E-state index in [1.165, 1.54) is 0 Å². The molecule has 1 aliphatic rings. The summed E-state index contributed by atoms with van der Waals surface area (Å²) in [6, 6.07) is -1.95. The molecule has 1 fully saturated rings. The summed E-state index contributed by atoms with van der Waals surface area (Å²) >= 11 is 0. The summed E-state index contributed by atoms with van der Waals surface area (Å²) < 4.78 is 18.6. The van der Waals surface area contributed by atoms with Crippen molar-refractivity contribution < 1.29 is 54.5 Å². The second kappa shape index (κ2) is 6.60. The molecular weight excluding hydrogens is 325 g/mol. The van der Waals surface area contributed by atoms with Crippen molar-refractivity contribution >= 4 is 11.9 Å². The molecule has 1 amide bonds. The van der Waals surface area contributed by atoms with E-state index in [9.17, 15) is 39.5 Å². The molecule has 8 N–H and O–H groups in total. The molecule has 0 bridgehead atoms. The SMILES string of the molecule is CC(=O)N[C@H]1[C@H]([C@H](O)[C@H](O)CO)O[C@@](O)(C(=O)O)[C@@](O)(F)[C@@H]1O. The standard InChI is InChI=1S/C11H18FNO10/c1-3(15)13-5-7(6(17)4(16)2-14)23-11(22,9(19)20)10(12,21)8(5)18/h4-8,14,16-18,21-22H,2H2,1H3,(H,13,15)(H,19,20)/t4-,5+,6-,7-,8-,10-,11+/m1/s1. The minimum atomic E-state index is -4.26. The van der Waals surface area contributed by atoms with E-state index >= 15 is 0 Å². The lowest BCUT2D eigenvalue weighted by Crippen LogP contribution is -2.77. The number of carbonyl (C=O) groups is 2. The molecule has 7 atom stereocenters. The largest absolute Gasteiger partial charge is 0.477 e. The lowest BCUT2D eigenvalue weighted by atomic mass is 9.85. The van der Waals surface area contributed by atoms with E-state index in [2.05, 4.69) is 4.74 Å². The molecule has 0 saturated carbocycles. The van der Waals surface area contributed by atoms with Crippen LogP contribution in [0.1, 0.15) is 6.92 Å². The average Bonchev–Trinajstić information content (AvgIpc) is 2.46. The Hall–Kier alpha value is -1.41. The number of halogens is 1. The van der Waals surface area contributed by atoms with Crippen LogP contribution in [0.4, 0.5) is 4.39 Å². The number of ether oxygens (including phenoxy) is 1. The molecule has 1 aliphatic heterocycles. The maximum Gasteiger partial charge on any atom is 0.370 e. The molecule has 0 unspecified atom stereocenters. The monoisotopic (exact) mass is 343 g/mol. The molecule has 0 aromatic rings. The number of aliphatic hydroxyl groups excluding tert-OH is 4. The van der Waals surface area contributed by atoms with Gasteiger partial charge in [0.05, 0.1) is 12.6 Å². The zero-order chi connectivity index (χ0) is 18.2. The van der Waals surface area contributed by atoms with Crippen LogP contribution in [-0.2, 0) is 14.3 Å². The first-order valence-electron chi connectivity index (χ1n) is 6.37. The molecule has 0 radical (unpaired) electrons. The predicted octanol–water partition coefficient (Wildman–Crippen LogP) is -4.60. The number of nitrogens with one attached hydrogen (secondary N) is 1. The first-order chi connectivity index (χ1) is 10.4. The van der Waals surface area contributed by atoms with Gasteiger partial charge in [-0.25, -0.2) is 9.18 Å². The Bertz CT molecular complexity index is 474. The topological polar surface area (TPSA) is 197 Å². The van der Waals surface area contributed by atoms with Crippen LogP contribution < -0.4 is 5.32 Å². The molecule has 0 spiro atoms. The summed E-state index contributed by atoms with van der Waals surface area (Å²) in [5, 5.41) is 67.8. The van der Waals surface area contributed by atoms with Crippen molar-refractivity contribution in [3.63, 3.8) is 0 Å². The van der Waals surface area contributed by atoms with Crippen LogP contribution in [0.3, 0.4) is 0 Å². The highest BCUT2D eigenvalue weighted by Crippen LogP contribution is 2.39. The minimum Gasteiger partial charge on any atom is -0.477 e. The van der Waals surface area contributed by atoms with Gasteiger partial charge >= 0.3 is 17.6 Å². The molecule has 11 nitrogen and oxygen atoms in total. The van der Waals surface area contributed by atoms with E-state index in [1.807, 2.05) is 5.32 Å². The van der Waals surface area contributed by atoms with Gasteiger partial charge in [0.25, 0.3) is 0 Å². The Morgan fingerprint density at radius 1 is 1.35 bits per heavy atom. The van der Waals surface area contributed by atoms with Gasteiger partial charge in [-0.05, 0) is 0 Å². The van der Waals surface area contributed by atoms with Crippen molar-refractivity contribution in [2.75, 3.05) is 6.61 Å².